The Balaban J connectivity index is 0.00000341. The van der Waals surface area contributed by atoms with Crippen LogP contribution in [0, 0.1) is 0 Å². The number of hydrogen-bond donors (Lipinski definition) is 1. The van der Waals surface area contributed by atoms with E-state index in [1.807, 2.05) is 31.2 Å². The van der Waals surface area contributed by atoms with E-state index in [9.17, 15) is 8.42 Å². The van der Waals surface area contributed by atoms with Crippen molar-refractivity contribution in [1.82, 2.24) is 10.2 Å². The highest BCUT2D eigenvalue weighted by Crippen LogP contribution is 2.28. The molecule has 1 N–H and O–H groups in total. The van der Waals surface area contributed by atoms with Crippen molar-refractivity contribution in [3.8, 4) is 5.75 Å². The van der Waals surface area contributed by atoms with Gasteiger partial charge in [-0.25, -0.2) is 8.42 Å². The first-order chi connectivity index (χ1) is 14.5. The van der Waals surface area contributed by atoms with Crippen molar-refractivity contribution < 1.29 is 13.2 Å². The largest absolute Gasteiger partial charge is 0.495 e. The van der Waals surface area contributed by atoms with Gasteiger partial charge in [0.15, 0.2) is 15.8 Å². The molecule has 0 radical (unpaired) electrons. The number of methoxy groups -OCH3 is 1. The van der Waals surface area contributed by atoms with E-state index in [1.54, 1.807) is 31.4 Å². The average molecular weight is 558 g/mol. The Bertz CT molecular complexity index is 946. The van der Waals surface area contributed by atoms with Gasteiger partial charge >= 0.3 is 0 Å². The first kappa shape index (κ1) is 25.3. The SMILES string of the molecule is CCNC(=NCCS(=O)(=O)c1ccccc1)N1CCN(c2ccccc2OC)CC1.I. The van der Waals surface area contributed by atoms with Crippen LogP contribution in [0.25, 0.3) is 0 Å². The molecule has 3 rings (SSSR count). The molecule has 9 heteroatoms. The maximum atomic E-state index is 12.5. The van der Waals surface area contributed by atoms with Crippen molar-refractivity contribution in [1.29, 1.82) is 0 Å². The van der Waals surface area contributed by atoms with Crippen LogP contribution in [0.1, 0.15) is 6.92 Å². The normalized spacial score (nSPS) is 14.7. The number of guanidine groups is 1. The number of benzene rings is 2. The molecule has 0 amide bonds. The molecule has 0 bridgehead atoms. The van der Waals surface area contributed by atoms with E-state index >= 15 is 0 Å². The number of nitrogens with one attached hydrogen (secondary N) is 1. The van der Waals surface area contributed by atoms with E-state index < -0.39 is 9.84 Å². The lowest BCUT2D eigenvalue weighted by Crippen LogP contribution is -2.52. The van der Waals surface area contributed by atoms with Crippen LogP contribution in [0.15, 0.2) is 64.5 Å². The summed E-state index contributed by atoms with van der Waals surface area (Å²) >= 11 is 0. The van der Waals surface area contributed by atoms with E-state index in [-0.39, 0.29) is 36.3 Å². The summed E-state index contributed by atoms with van der Waals surface area (Å²) in [5, 5.41) is 3.29. The molecule has 0 aliphatic carbocycles. The van der Waals surface area contributed by atoms with Crippen molar-refractivity contribution in [2.75, 3.05) is 57.0 Å². The zero-order valence-electron chi connectivity index (χ0n) is 18.0. The zero-order chi connectivity index (χ0) is 21.4. The van der Waals surface area contributed by atoms with Crippen LogP contribution in [-0.4, -0.2) is 71.4 Å². The van der Waals surface area contributed by atoms with Gasteiger partial charge in [0.2, 0.25) is 0 Å². The Labute approximate surface area is 202 Å². The lowest BCUT2D eigenvalue weighted by molar-refractivity contribution is 0.367. The highest BCUT2D eigenvalue weighted by atomic mass is 127. The maximum Gasteiger partial charge on any atom is 0.194 e. The second-order valence-corrected chi connectivity index (χ2v) is 9.12. The van der Waals surface area contributed by atoms with Crippen molar-refractivity contribution in [2.45, 2.75) is 11.8 Å². The molecule has 2 aromatic carbocycles. The van der Waals surface area contributed by atoms with Gasteiger partial charge in [0.05, 0.1) is 30.0 Å². The molecule has 0 atom stereocenters. The summed E-state index contributed by atoms with van der Waals surface area (Å²) in [6.07, 6.45) is 0. The van der Waals surface area contributed by atoms with Gasteiger partial charge in [0, 0.05) is 32.7 Å². The minimum absolute atomic E-state index is 0. The van der Waals surface area contributed by atoms with Gasteiger partial charge in [0.25, 0.3) is 0 Å². The molecular formula is C22H31IN4O3S. The molecule has 1 fully saturated rings. The van der Waals surface area contributed by atoms with Crippen LogP contribution in [0.5, 0.6) is 5.75 Å². The van der Waals surface area contributed by atoms with Gasteiger partial charge in [-0.1, -0.05) is 30.3 Å². The summed E-state index contributed by atoms with van der Waals surface area (Å²) < 4.78 is 30.5. The summed E-state index contributed by atoms with van der Waals surface area (Å²) in [6, 6.07) is 16.6. The summed E-state index contributed by atoms with van der Waals surface area (Å²) in [4.78, 5) is 9.42. The number of halogens is 1. The molecule has 1 aliphatic heterocycles. The molecule has 170 valence electrons. The lowest BCUT2D eigenvalue weighted by atomic mass is 10.2. The monoisotopic (exact) mass is 558 g/mol. The third-order valence-corrected chi connectivity index (χ3v) is 6.77. The van der Waals surface area contributed by atoms with Crippen molar-refractivity contribution in [3.63, 3.8) is 0 Å². The van der Waals surface area contributed by atoms with Gasteiger partial charge < -0.3 is 19.9 Å². The van der Waals surface area contributed by atoms with Crippen LogP contribution >= 0.6 is 24.0 Å². The Morgan fingerprint density at radius 1 is 1.03 bits per heavy atom. The number of anilines is 1. The summed E-state index contributed by atoms with van der Waals surface area (Å²) in [5.41, 5.74) is 1.09. The third kappa shape index (κ3) is 6.73. The van der Waals surface area contributed by atoms with Crippen molar-refractivity contribution in [3.05, 3.63) is 54.6 Å². The van der Waals surface area contributed by atoms with E-state index in [0.29, 0.717) is 4.90 Å². The molecule has 1 heterocycles. The molecule has 0 aromatic heterocycles. The van der Waals surface area contributed by atoms with E-state index in [2.05, 4.69) is 26.2 Å². The predicted octanol–water partition coefficient (Wildman–Crippen LogP) is 2.87. The van der Waals surface area contributed by atoms with Crippen LogP contribution in [0.3, 0.4) is 0 Å². The summed E-state index contributed by atoms with van der Waals surface area (Å²) in [5.74, 6) is 1.63. The number of ether oxygens (including phenoxy) is 1. The Kier molecular flexibility index (Phi) is 9.89. The average Bonchev–Trinajstić information content (AvgIpc) is 2.79. The number of nitrogens with zero attached hydrogens (tertiary/aromatic N) is 3. The van der Waals surface area contributed by atoms with Crippen LogP contribution in [0.2, 0.25) is 0 Å². The van der Waals surface area contributed by atoms with Crippen LogP contribution < -0.4 is 15.0 Å². The molecule has 31 heavy (non-hydrogen) atoms. The fourth-order valence-corrected chi connectivity index (χ4v) is 4.63. The van der Waals surface area contributed by atoms with Crippen molar-refractivity contribution >= 4 is 45.5 Å². The van der Waals surface area contributed by atoms with E-state index in [0.717, 1.165) is 50.1 Å². The van der Waals surface area contributed by atoms with Gasteiger partial charge in [0.1, 0.15) is 5.75 Å². The zero-order valence-corrected chi connectivity index (χ0v) is 21.2. The second-order valence-electron chi connectivity index (χ2n) is 7.01. The standard InChI is InChI=1S/C22H30N4O3S.HI/c1-3-23-22(24-13-18-30(27,28)19-9-5-4-6-10-19)26-16-14-25(15-17-26)20-11-7-8-12-21(20)29-2;/h4-12H,3,13-18H2,1-2H3,(H,23,24);1H. The van der Waals surface area contributed by atoms with Crippen LogP contribution in [-0.2, 0) is 9.84 Å². The first-order valence-corrected chi connectivity index (χ1v) is 11.9. The molecular weight excluding hydrogens is 527 g/mol. The lowest BCUT2D eigenvalue weighted by Gasteiger charge is -2.38. The summed E-state index contributed by atoms with van der Waals surface area (Å²) in [7, 11) is -1.64. The molecule has 1 aliphatic rings. The number of aliphatic imine (C=N–C) groups is 1. The fourth-order valence-electron chi connectivity index (χ4n) is 3.49. The summed E-state index contributed by atoms with van der Waals surface area (Å²) in [6.45, 7) is 6.26. The van der Waals surface area contributed by atoms with Crippen LogP contribution in [0.4, 0.5) is 5.69 Å². The minimum atomic E-state index is -3.33. The Hall–Kier alpha value is -2.01. The third-order valence-electron chi connectivity index (χ3n) is 5.06. The molecule has 2 aromatic rings. The molecule has 0 spiro atoms. The van der Waals surface area contributed by atoms with Gasteiger partial charge in [-0.2, -0.15) is 0 Å². The van der Waals surface area contributed by atoms with E-state index in [1.165, 1.54) is 0 Å². The van der Waals surface area contributed by atoms with Gasteiger partial charge in [-0.15, -0.1) is 24.0 Å². The molecule has 0 saturated carbocycles. The van der Waals surface area contributed by atoms with E-state index in [4.69, 9.17) is 4.74 Å². The van der Waals surface area contributed by atoms with Gasteiger partial charge in [-0.05, 0) is 31.2 Å². The number of piperazine rings is 1. The fraction of sp³-hybridized carbons (Fsp3) is 0.409. The number of sulfone groups is 1. The van der Waals surface area contributed by atoms with Gasteiger partial charge in [-0.3, -0.25) is 4.99 Å². The Morgan fingerprint density at radius 3 is 2.32 bits per heavy atom. The molecule has 0 unspecified atom stereocenters. The van der Waals surface area contributed by atoms with Crippen molar-refractivity contribution in [2.24, 2.45) is 4.99 Å². The maximum absolute atomic E-state index is 12.5. The molecule has 7 nitrogen and oxygen atoms in total. The highest BCUT2D eigenvalue weighted by Gasteiger charge is 2.22. The Morgan fingerprint density at radius 2 is 1.68 bits per heavy atom. The quantitative estimate of drug-likeness (QED) is 0.320. The molecule has 1 saturated heterocycles. The smallest absolute Gasteiger partial charge is 0.194 e. The number of hydrogen-bond acceptors (Lipinski definition) is 5. The minimum Gasteiger partial charge on any atom is -0.495 e. The number of rotatable bonds is 7. The topological polar surface area (TPSA) is 74.2 Å². The predicted molar refractivity (Wildman–Crippen MR) is 137 cm³/mol. The first-order valence-electron chi connectivity index (χ1n) is 10.2. The number of para-hydroxylation sites is 2. The second kappa shape index (κ2) is 12.1. The highest BCUT2D eigenvalue weighted by molar-refractivity contribution is 14.0.